The van der Waals surface area contributed by atoms with Gasteiger partial charge in [0, 0.05) is 36.3 Å². The standard InChI is InChI=1S/C26H24F2N2O2/c1-32-26(31)29-16-14-21-17(19-6-2-4-8-23(19)27)10-12-30-13-11-18(22(15-16)25(21)30)20-7-3-5-9-24(20)28/h2-9,14-15,17-18H,10-13H2,1H3,(H,29,31). The largest absolute Gasteiger partial charge is 0.453 e. The van der Waals surface area contributed by atoms with E-state index in [1.165, 1.54) is 19.2 Å². The topological polar surface area (TPSA) is 41.6 Å². The van der Waals surface area contributed by atoms with Crippen LogP contribution in [0.5, 0.6) is 0 Å². The van der Waals surface area contributed by atoms with Crippen molar-refractivity contribution in [1.82, 2.24) is 0 Å². The smallest absolute Gasteiger partial charge is 0.411 e. The van der Waals surface area contributed by atoms with Crippen LogP contribution < -0.4 is 10.2 Å². The van der Waals surface area contributed by atoms with Gasteiger partial charge in [-0.05, 0) is 59.4 Å². The molecule has 1 N–H and O–H groups in total. The molecule has 1 amide bonds. The van der Waals surface area contributed by atoms with Gasteiger partial charge in [-0.2, -0.15) is 0 Å². The lowest BCUT2D eigenvalue weighted by Gasteiger charge is -2.43. The van der Waals surface area contributed by atoms with Gasteiger partial charge in [-0.25, -0.2) is 13.6 Å². The summed E-state index contributed by atoms with van der Waals surface area (Å²) >= 11 is 0. The van der Waals surface area contributed by atoms with Gasteiger partial charge in [0.05, 0.1) is 7.11 Å². The number of rotatable bonds is 3. The van der Waals surface area contributed by atoms with E-state index < -0.39 is 6.09 Å². The molecular weight excluding hydrogens is 410 g/mol. The first kappa shape index (κ1) is 20.5. The number of hydrogen-bond donors (Lipinski definition) is 1. The molecule has 2 aliphatic rings. The van der Waals surface area contributed by atoms with Gasteiger partial charge < -0.3 is 9.64 Å². The number of benzene rings is 3. The van der Waals surface area contributed by atoms with Crippen molar-refractivity contribution in [2.45, 2.75) is 24.7 Å². The highest BCUT2D eigenvalue weighted by molar-refractivity contribution is 5.86. The summed E-state index contributed by atoms with van der Waals surface area (Å²) < 4.78 is 34.3. The Kier molecular flexibility index (Phi) is 5.29. The molecular formula is C26H24F2N2O2. The summed E-state index contributed by atoms with van der Waals surface area (Å²) in [6, 6.07) is 17.5. The van der Waals surface area contributed by atoms with Crippen LogP contribution in [0.25, 0.3) is 0 Å². The number of anilines is 2. The van der Waals surface area contributed by atoms with E-state index in [1.54, 1.807) is 12.1 Å². The van der Waals surface area contributed by atoms with Crippen molar-refractivity contribution >= 4 is 17.5 Å². The number of hydrogen-bond acceptors (Lipinski definition) is 3. The van der Waals surface area contributed by atoms with Crippen LogP contribution >= 0.6 is 0 Å². The van der Waals surface area contributed by atoms with Gasteiger partial charge in [0.15, 0.2) is 0 Å². The Balaban J connectivity index is 1.71. The average Bonchev–Trinajstić information content (AvgIpc) is 2.80. The van der Waals surface area contributed by atoms with Gasteiger partial charge in [0.1, 0.15) is 11.6 Å². The van der Waals surface area contributed by atoms with Crippen LogP contribution in [0.3, 0.4) is 0 Å². The normalized spacial score (nSPS) is 19.3. The summed E-state index contributed by atoms with van der Waals surface area (Å²) in [5, 5.41) is 2.76. The summed E-state index contributed by atoms with van der Waals surface area (Å²) in [7, 11) is 1.31. The zero-order valence-electron chi connectivity index (χ0n) is 17.8. The van der Waals surface area contributed by atoms with E-state index >= 15 is 0 Å². The van der Waals surface area contributed by atoms with E-state index in [1.807, 2.05) is 36.4 Å². The zero-order valence-corrected chi connectivity index (χ0v) is 17.8. The number of nitrogens with zero attached hydrogens (tertiary/aromatic N) is 1. The molecule has 0 bridgehead atoms. The molecule has 6 heteroatoms. The molecule has 2 aliphatic heterocycles. The molecule has 4 nitrogen and oxygen atoms in total. The Bertz CT molecular complexity index is 1100. The zero-order chi connectivity index (χ0) is 22.2. The SMILES string of the molecule is COC(=O)Nc1cc2c3c(c1)C(c1ccccc1F)CCN3CCC2c1ccccc1F. The lowest BCUT2D eigenvalue weighted by Crippen LogP contribution is -2.38. The Morgan fingerprint density at radius 1 is 0.875 bits per heavy atom. The summed E-state index contributed by atoms with van der Waals surface area (Å²) in [5.41, 5.74) is 4.77. The monoisotopic (exact) mass is 434 g/mol. The number of carbonyl (C=O) groups excluding carboxylic acids is 1. The first-order valence-corrected chi connectivity index (χ1v) is 10.8. The molecule has 0 saturated heterocycles. The third-order valence-corrected chi connectivity index (χ3v) is 6.60. The molecule has 32 heavy (non-hydrogen) atoms. The van der Waals surface area contributed by atoms with Crippen LogP contribution in [0.4, 0.5) is 25.0 Å². The fourth-order valence-corrected chi connectivity index (χ4v) is 5.20. The van der Waals surface area contributed by atoms with Gasteiger partial charge >= 0.3 is 6.09 Å². The fraction of sp³-hybridized carbons (Fsp3) is 0.269. The number of methoxy groups -OCH3 is 1. The molecule has 0 aliphatic carbocycles. The Labute approximate surface area is 185 Å². The molecule has 2 heterocycles. The van der Waals surface area contributed by atoms with Crippen LogP contribution in [-0.2, 0) is 4.74 Å². The Morgan fingerprint density at radius 2 is 1.38 bits per heavy atom. The van der Waals surface area contributed by atoms with Crippen LogP contribution in [0, 0.1) is 11.6 Å². The minimum atomic E-state index is -0.578. The van der Waals surface area contributed by atoms with Crippen molar-refractivity contribution in [3.8, 4) is 0 Å². The van der Waals surface area contributed by atoms with Gasteiger partial charge in [0.2, 0.25) is 0 Å². The third-order valence-electron chi connectivity index (χ3n) is 6.60. The van der Waals surface area contributed by atoms with Gasteiger partial charge in [-0.3, -0.25) is 5.32 Å². The van der Waals surface area contributed by atoms with Gasteiger partial charge in [-0.1, -0.05) is 36.4 Å². The maximum atomic E-state index is 14.8. The number of halogens is 2. The van der Waals surface area contributed by atoms with Crippen molar-refractivity contribution in [2.75, 3.05) is 30.4 Å². The van der Waals surface area contributed by atoms with E-state index in [0.29, 0.717) is 16.8 Å². The number of amides is 1. The number of nitrogens with one attached hydrogen (secondary N) is 1. The number of ether oxygens (including phenoxy) is 1. The van der Waals surface area contributed by atoms with Crippen molar-refractivity contribution in [3.05, 3.63) is 94.6 Å². The van der Waals surface area contributed by atoms with Crippen LogP contribution in [0.15, 0.2) is 60.7 Å². The van der Waals surface area contributed by atoms with Crippen LogP contribution in [0.1, 0.15) is 46.9 Å². The molecule has 0 radical (unpaired) electrons. The molecule has 3 aromatic rings. The Morgan fingerprint density at radius 3 is 1.84 bits per heavy atom. The molecule has 0 aromatic heterocycles. The van der Waals surface area contributed by atoms with Gasteiger partial charge in [-0.15, -0.1) is 0 Å². The quantitative estimate of drug-likeness (QED) is 0.548. The fourth-order valence-electron chi connectivity index (χ4n) is 5.20. The molecule has 0 saturated carbocycles. The average molecular weight is 434 g/mol. The Hall–Kier alpha value is -3.41. The van der Waals surface area contributed by atoms with Crippen LogP contribution in [0.2, 0.25) is 0 Å². The van der Waals surface area contributed by atoms with E-state index in [9.17, 15) is 13.6 Å². The molecule has 3 aromatic carbocycles. The lowest BCUT2D eigenvalue weighted by atomic mass is 9.76. The summed E-state index contributed by atoms with van der Waals surface area (Å²) in [5.74, 6) is -0.792. The highest BCUT2D eigenvalue weighted by Gasteiger charge is 2.36. The highest BCUT2D eigenvalue weighted by atomic mass is 19.1. The minimum absolute atomic E-state index is 0.153. The van der Waals surface area contributed by atoms with Gasteiger partial charge in [0.25, 0.3) is 0 Å². The highest BCUT2D eigenvalue weighted by Crippen LogP contribution is 2.50. The molecule has 0 fully saturated rings. The molecule has 2 unspecified atom stereocenters. The van der Waals surface area contributed by atoms with Crippen molar-refractivity contribution < 1.29 is 18.3 Å². The van der Waals surface area contributed by atoms with Crippen molar-refractivity contribution in [1.29, 1.82) is 0 Å². The summed E-state index contributed by atoms with van der Waals surface area (Å²) in [4.78, 5) is 14.3. The molecule has 2 atom stereocenters. The van der Waals surface area contributed by atoms with E-state index in [2.05, 4.69) is 10.2 Å². The molecule has 0 spiro atoms. The first-order chi connectivity index (χ1) is 15.6. The number of carbonyl (C=O) groups is 1. The van der Waals surface area contributed by atoms with Crippen molar-refractivity contribution in [2.24, 2.45) is 0 Å². The lowest BCUT2D eigenvalue weighted by molar-refractivity contribution is 0.187. The second kappa shape index (κ2) is 8.26. The third kappa shape index (κ3) is 3.49. The summed E-state index contributed by atoms with van der Waals surface area (Å²) in [6.07, 6.45) is 0.948. The molecule has 5 rings (SSSR count). The molecule has 164 valence electrons. The minimum Gasteiger partial charge on any atom is -0.453 e. The van der Waals surface area contributed by atoms with E-state index in [0.717, 1.165) is 42.7 Å². The second-order valence-corrected chi connectivity index (χ2v) is 8.33. The predicted molar refractivity (Wildman–Crippen MR) is 120 cm³/mol. The van der Waals surface area contributed by atoms with E-state index in [4.69, 9.17) is 4.74 Å². The summed E-state index contributed by atoms with van der Waals surface area (Å²) in [6.45, 7) is 1.60. The maximum Gasteiger partial charge on any atom is 0.411 e. The van der Waals surface area contributed by atoms with Crippen molar-refractivity contribution in [3.63, 3.8) is 0 Å². The van der Waals surface area contributed by atoms with E-state index in [-0.39, 0.29) is 23.5 Å². The first-order valence-electron chi connectivity index (χ1n) is 10.8. The second-order valence-electron chi connectivity index (χ2n) is 8.33. The van der Waals surface area contributed by atoms with Crippen LogP contribution in [-0.4, -0.2) is 26.3 Å². The predicted octanol–water partition coefficient (Wildman–Crippen LogP) is 6.02. The maximum absolute atomic E-state index is 14.8.